The Labute approximate surface area is 107 Å². The van der Waals surface area contributed by atoms with E-state index in [9.17, 15) is 4.79 Å². The molecule has 1 aromatic carbocycles. The number of hydrogen-bond donors (Lipinski definition) is 2. The second-order valence-electron chi connectivity index (χ2n) is 4.08. The molecule has 0 fully saturated rings. The third-order valence-corrected chi connectivity index (χ3v) is 2.79. The van der Waals surface area contributed by atoms with Gasteiger partial charge >= 0.3 is 0 Å². The minimum atomic E-state index is -0.493. The predicted octanol–water partition coefficient (Wildman–Crippen LogP) is 2.13. The number of unbranched alkanes of at least 4 members (excludes halogenated alkanes) is 1. The zero-order chi connectivity index (χ0) is 12.7. The number of halogens is 1. The maximum absolute atomic E-state index is 11.6. The smallest absolute Gasteiger partial charge is 0.237 e. The van der Waals surface area contributed by atoms with Gasteiger partial charge in [-0.2, -0.15) is 0 Å². The maximum atomic E-state index is 11.6. The number of hydrogen-bond acceptors (Lipinski definition) is 2. The summed E-state index contributed by atoms with van der Waals surface area (Å²) in [6.45, 7) is 2.78. The van der Waals surface area contributed by atoms with Gasteiger partial charge < -0.3 is 11.1 Å². The van der Waals surface area contributed by atoms with Crippen molar-refractivity contribution in [3.63, 3.8) is 0 Å². The molecule has 1 atom stereocenters. The third kappa shape index (κ3) is 5.20. The highest BCUT2D eigenvalue weighted by Gasteiger charge is 2.12. The highest BCUT2D eigenvalue weighted by atomic mass is 35.5. The van der Waals surface area contributed by atoms with Gasteiger partial charge in [0.05, 0.1) is 6.04 Å². The van der Waals surface area contributed by atoms with Crippen molar-refractivity contribution in [3.05, 3.63) is 34.9 Å². The van der Waals surface area contributed by atoms with Gasteiger partial charge in [-0.3, -0.25) is 4.79 Å². The van der Waals surface area contributed by atoms with Crippen LogP contribution in [0.2, 0.25) is 5.02 Å². The molecule has 0 spiro atoms. The lowest BCUT2D eigenvalue weighted by atomic mass is 10.1. The minimum absolute atomic E-state index is 0.0894. The van der Waals surface area contributed by atoms with Crippen LogP contribution in [0.15, 0.2) is 24.3 Å². The van der Waals surface area contributed by atoms with Crippen molar-refractivity contribution in [1.29, 1.82) is 0 Å². The van der Waals surface area contributed by atoms with E-state index in [4.69, 9.17) is 17.3 Å². The number of rotatable bonds is 6. The average Bonchev–Trinajstić information content (AvgIpc) is 2.32. The molecule has 4 heteroatoms. The van der Waals surface area contributed by atoms with Gasteiger partial charge in [0.2, 0.25) is 5.91 Å². The SMILES string of the molecule is CCCCNC(=O)[C@H](N)Cc1ccc(Cl)cc1. The Hall–Kier alpha value is -1.06. The zero-order valence-electron chi connectivity index (χ0n) is 10.1. The summed E-state index contributed by atoms with van der Waals surface area (Å²) in [7, 11) is 0. The van der Waals surface area contributed by atoms with Crippen LogP contribution in [0.4, 0.5) is 0 Å². The summed E-state index contributed by atoms with van der Waals surface area (Å²) in [5.74, 6) is -0.0894. The summed E-state index contributed by atoms with van der Waals surface area (Å²) in [6.07, 6.45) is 2.58. The molecule has 0 unspecified atom stereocenters. The molecule has 0 aliphatic carbocycles. The second kappa shape index (κ2) is 7.30. The fourth-order valence-electron chi connectivity index (χ4n) is 1.49. The van der Waals surface area contributed by atoms with E-state index in [0.717, 1.165) is 18.4 Å². The molecule has 0 saturated carbocycles. The van der Waals surface area contributed by atoms with Gasteiger partial charge in [-0.25, -0.2) is 0 Å². The first-order chi connectivity index (χ1) is 8.13. The Bertz CT molecular complexity index is 351. The van der Waals surface area contributed by atoms with E-state index in [1.165, 1.54) is 0 Å². The van der Waals surface area contributed by atoms with Crippen LogP contribution in [-0.4, -0.2) is 18.5 Å². The van der Waals surface area contributed by atoms with Crippen LogP contribution in [0, 0.1) is 0 Å². The lowest BCUT2D eigenvalue weighted by molar-refractivity contribution is -0.122. The first-order valence-corrected chi connectivity index (χ1v) is 6.29. The lowest BCUT2D eigenvalue weighted by Gasteiger charge is -2.12. The molecule has 1 rings (SSSR count). The Morgan fingerprint density at radius 3 is 2.65 bits per heavy atom. The van der Waals surface area contributed by atoms with Gasteiger partial charge in [0.15, 0.2) is 0 Å². The van der Waals surface area contributed by atoms with Gasteiger partial charge in [-0.15, -0.1) is 0 Å². The Balaban J connectivity index is 2.40. The van der Waals surface area contributed by atoms with Gasteiger partial charge in [0, 0.05) is 11.6 Å². The fraction of sp³-hybridized carbons (Fsp3) is 0.462. The zero-order valence-corrected chi connectivity index (χ0v) is 10.8. The Morgan fingerprint density at radius 2 is 2.06 bits per heavy atom. The van der Waals surface area contributed by atoms with Crippen molar-refractivity contribution in [2.75, 3.05) is 6.54 Å². The van der Waals surface area contributed by atoms with Gasteiger partial charge in [0.1, 0.15) is 0 Å². The van der Waals surface area contributed by atoms with Crippen molar-refractivity contribution < 1.29 is 4.79 Å². The van der Waals surface area contributed by atoms with E-state index in [2.05, 4.69) is 12.2 Å². The fourth-order valence-corrected chi connectivity index (χ4v) is 1.61. The largest absolute Gasteiger partial charge is 0.355 e. The van der Waals surface area contributed by atoms with Crippen LogP contribution in [0.3, 0.4) is 0 Å². The first-order valence-electron chi connectivity index (χ1n) is 5.91. The van der Waals surface area contributed by atoms with E-state index in [1.54, 1.807) is 12.1 Å². The van der Waals surface area contributed by atoms with Crippen LogP contribution in [0.5, 0.6) is 0 Å². The van der Waals surface area contributed by atoms with E-state index >= 15 is 0 Å². The summed E-state index contributed by atoms with van der Waals surface area (Å²) in [4.78, 5) is 11.6. The number of amides is 1. The molecule has 0 bridgehead atoms. The quantitative estimate of drug-likeness (QED) is 0.764. The molecule has 0 radical (unpaired) electrons. The van der Waals surface area contributed by atoms with Crippen LogP contribution < -0.4 is 11.1 Å². The van der Waals surface area contributed by atoms with Crippen molar-refractivity contribution in [2.24, 2.45) is 5.73 Å². The predicted molar refractivity (Wildman–Crippen MR) is 71.0 cm³/mol. The maximum Gasteiger partial charge on any atom is 0.237 e. The summed E-state index contributed by atoms with van der Waals surface area (Å²) < 4.78 is 0. The van der Waals surface area contributed by atoms with Gasteiger partial charge in [0.25, 0.3) is 0 Å². The second-order valence-corrected chi connectivity index (χ2v) is 4.52. The molecule has 17 heavy (non-hydrogen) atoms. The summed E-state index contributed by atoms with van der Waals surface area (Å²) in [5, 5.41) is 3.51. The first kappa shape index (κ1) is 14.0. The molecule has 0 aliphatic rings. The molecule has 1 aromatic rings. The van der Waals surface area contributed by atoms with Crippen LogP contribution in [0.25, 0.3) is 0 Å². The topological polar surface area (TPSA) is 55.1 Å². The molecule has 0 saturated heterocycles. The molecule has 0 heterocycles. The highest BCUT2D eigenvalue weighted by molar-refractivity contribution is 6.30. The molecule has 3 N–H and O–H groups in total. The van der Waals surface area contributed by atoms with E-state index < -0.39 is 6.04 Å². The molecular weight excluding hydrogens is 236 g/mol. The van der Waals surface area contributed by atoms with Crippen LogP contribution >= 0.6 is 11.6 Å². The number of nitrogens with two attached hydrogens (primary N) is 1. The van der Waals surface area contributed by atoms with Crippen molar-refractivity contribution in [2.45, 2.75) is 32.2 Å². The summed E-state index contributed by atoms with van der Waals surface area (Å²) in [6, 6.07) is 6.90. The molecular formula is C13H19ClN2O. The van der Waals surface area contributed by atoms with Gasteiger partial charge in [-0.1, -0.05) is 37.1 Å². The summed E-state index contributed by atoms with van der Waals surface area (Å²) >= 11 is 5.78. The molecule has 1 amide bonds. The standard InChI is InChI=1S/C13H19ClN2O/c1-2-3-8-16-13(17)12(15)9-10-4-6-11(14)7-5-10/h4-7,12H,2-3,8-9,15H2,1H3,(H,16,17)/t12-/m1/s1. The monoisotopic (exact) mass is 254 g/mol. The van der Waals surface area contributed by atoms with Crippen LogP contribution in [0.1, 0.15) is 25.3 Å². The average molecular weight is 255 g/mol. The number of carbonyl (C=O) groups is 1. The van der Waals surface area contributed by atoms with E-state index in [1.807, 2.05) is 12.1 Å². The molecule has 94 valence electrons. The number of carbonyl (C=O) groups excluding carboxylic acids is 1. The van der Waals surface area contributed by atoms with Gasteiger partial charge in [-0.05, 0) is 30.5 Å². The number of benzene rings is 1. The van der Waals surface area contributed by atoms with E-state index in [-0.39, 0.29) is 5.91 Å². The van der Waals surface area contributed by atoms with Crippen molar-refractivity contribution in [3.8, 4) is 0 Å². The molecule has 0 aliphatic heterocycles. The van der Waals surface area contributed by atoms with Crippen molar-refractivity contribution in [1.82, 2.24) is 5.32 Å². The number of nitrogens with one attached hydrogen (secondary N) is 1. The molecule has 3 nitrogen and oxygen atoms in total. The highest BCUT2D eigenvalue weighted by Crippen LogP contribution is 2.10. The third-order valence-electron chi connectivity index (χ3n) is 2.54. The Kier molecular flexibility index (Phi) is 6.01. The molecule has 0 aromatic heterocycles. The van der Waals surface area contributed by atoms with Crippen molar-refractivity contribution >= 4 is 17.5 Å². The summed E-state index contributed by atoms with van der Waals surface area (Å²) in [5.41, 5.74) is 6.85. The van der Waals surface area contributed by atoms with Crippen LogP contribution in [-0.2, 0) is 11.2 Å². The lowest BCUT2D eigenvalue weighted by Crippen LogP contribution is -2.42. The minimum Gasteiger partial charge on any atom is -0.355 e. The Morgan fingerprint density at radius 1 is 1.41 bits per heavy atom. The normalized spacial score (nSPS) is 12.2. The van der Waals surface area contributed by atoms with E-state index in [0.29, 0.717) is 18.0 Å².